The van der Waals surface area contributed by atoms with Crippen LogP contribution in [0.25, 0.3) is 0 Å². The van der Waals surface area contributed by atoms with E-state index in [0.29, 0.717) is 25.0 Å². The maximum atomic E-state index is 10.5. The van der Waals surface area contributed by atoms with E-state index in [0.717, 1.165) is 30.6 Å². The van der Waals surface area contributed by atoms with Gasteiger partial charge in [-0.15, -0.1) is 12.4 Å². The number of ether oxygens (including phenoxy) is 1. The van der Waals surface area contributed by atoms with Crippen molar-refractivity contribution in [3.63, 3.8) is 0 Å². The van der Waals surface area contributed by atoms with Crippen LogP contribution in [0, 0.1) is 6.92 Å². The highest BCUT2D eigenvalue weighted by atomic mass is 35.5. The Labute approximate surface area is 175 Å². The summed E-state index contributed by atoms with van der Waals surface area (Å²) >= 11 is 0. The molecule has 0 saturated carbocycles. The van der Waals surface area contributed by atoms with Gasteiger partial charge in [-0.1, -0.05) is 48.0 Å². The highest BCUT2D eigenvalue weighted by Gasteiger charge is 2.20. The molecule has 0 spiro atoms. The summed E-state index contributed by atoms with van der Waals surface area (Å²) in [6, 6.07) is 16.6. The van der Waals surface area contributed by atoms with Crippen LogP contribution in [-0.2, 0) is 4.74 Å². The monoisotopic (exact) mass is 407 g/mol. The van der Waals surface area contributed by atoms with Gasteiger partial charge in [-0.2, -0.15) is 0 Å². The van der Waals surface area contributed by atoms with Crippen LogP contribution in [0.1, 0.15) is 42.9 Å². The van der Waals surface area contributed by atoms with Crippen molar-refractivity contribution in [2.75, 3.05) is 32.9 Å². The number of hydrogen-bond donors (Lipinski definition) is 2. The van der Waals surface area contributed by atoms with E-state index in [1.807, 2.05) is 12.1 Å². The number of hydrogen-bond acceptors (Lipinski definition) is 4. The Morgan fingerprint density at radius 3 is 2.36 bits per heavy atom. The van der Waals surface area contributed by atoms with Crippen LogP contribution in [-0.4, -0.2) is 54.1 Å². The van der Waals surface area contributed by atoms with Crippen molar-refractivity contribution in [1.82, 2.24) is 4.90 Å². The number of aliphatic hydroxyl groups excluding tert-OH is 1. The molecule has 28 heavy (non-hydrogen) atoms. The largest absolute Gasteiger partial charge is 0.508 e. The number of aliphatic hydroxyl groups is 1. The van der Waals surface area contributed by atoms with E-state index in [2.05, 4.69) is 56.0 Å². The van der Waals surface area contributed by atoms with E-state index in [1.165, 1.54) is 5.56 Å². The van der Waals surface area contributed by atoms with Crippen LogP contribution in [0.5, 0.6) is 5.75 Å². The molecule has 0 aliphatic heterocycles. The minimum Gasteiger partial charge on any atom is -0.508 e. The molecule has 0 heterocycles. The third kappa shape index (κ3) is 7.44. The number of halogens is 1. The highest BCUT2D eigenvalue weighted by molar-refractivity contribution is 5.85. The first-order chi connectivity index (χ1) is 13.0. The average molecular weight is 408 g/mol. The van der Waals surface area contributed by atoms with E-state index >= 15 is 0 Å². The highest BCUT2D eigenvalue weighted by Crippen LogP contribution is 2.34. The molecule has 0 aliphatic carbocycles. The lowest BCUT2D eigenvalue weighted by molar-refractivity contribution is 0.0662. The molecule has 0 aliphatic rings. The minimum absolute atomic E-state index is 0. The molecular weight excluding hydrogens is 374 g/mol. The van der Waals surface area contributed by atoms with Gasteiger partial charge in [-0.05, 0) is 45.4 Å². The molecule has 0 radical (unpaired) electrons. The Kier molecular flexibility index (Phi) is 11.2. The van der Waals surface area contributed by atoms with Crippen LogP contribution in [0.4, 0.5) is 0 Å². The van der Waals surface area contributed by atoms with Crippen molar-refractivity contribution in [2.24, 2.45) is 0 Å². The van der Waals surface area contributed by atoms with Gasteiger partial charge in [-0.3, -0.25) is 4.90 Å². The Balaban J connectivity index is 0.00000392. The second-order valence-electron chi connectivity index (χ2n) is 7.28. The molecule has 2 N–H and O–H groups in total. The summed E-state index contributed by atoms with van der Waals surface area (Å²) in [6.45, 7) is 9.24. The van der Waals surface area contributed by atoms with E-state index in [-0.39, 0.29) is 24.9 Å². The zero-order chi connectivity index (χ0) is 19.6. The van der Waals surface area contributed by atoms with Crippen LogP contribution in [0.3, 0.4) is 0 Å². The summed E-state index contributed by atoms with van der Waals surface area (Å²) in [4.78, 5) is 2.39. The van der Waals surface area contributed by atoms with Crippen LogP contribution in [0.2, 0.25) is 0 Å². The van der Waals surface area contributed by atoms with Crippen molar-refractivity contribution in [3.05, 3.63) is 65.2 Å². The first-order valence-electron chi connectivity index (χ1n) is 9.80. The van der Waals surface area contributed by atoms with Gasteiger partial charge in [-0.25, -0.2) is 0 Å². The SMILES string of the molecule is Cc1ccc(O)c(C(CCN(CCOCCO)C(C)C)c2ccccc2)c1.Cl. The van der Waals surface area contributed by atoms with Crippen LogP contribution < -0.4 is 0 Å². The normalized spacial score (nSPS) is 12.2. The summed E-state index contributed by atoms with van der Waals surface area (Å²) < 4.78 is 5.44. The zero-order valence-electron chi connectivity index (χ0n) is 17.2. The van der Waals surface area contributed by atoms with E-state index in [4.69, 9.17) is 9.84 Å². The zero-order valence-corrected chi connectivity index (χ0v) is 18.0. The van der Waals surface area contributed by atoms with Gasteiger partial charge in [0.25, 0.3) is 0 Å². The first kappa shape index (κ1) is 24.4. The van der Waals surface area contributed by atoms with Gasteiger partial charge in [0.15, 0.2) is 0 Å². The van der Waals surface area contributed by atoms with E-state index in [1.54, 1.807) is 6.07 Å². The maximum Gasteiger partial charge on any atom is 0.119 e. The van der Waals surface area contributed by atoms with Gasteiger partial charge in [0.05, 0.1) is 19.8 Å². The topological polar surface area (TPSA) is 52.9 Å². The van der Waals surface area contributed by atoms with Crippen molar-refractivity contribution < 1.29 is 14.9 Å². The molecule has 0 aromatic heterocycles. The van der Waals surface area contributed by atoms with Gasteiger partial charge in [0, 0.05) is 24.1 Å². The Morgan fingerprint density at radius 1 is 1.00 bits per heavy atom. The third-order valence-electron chi connectivity index (χ3n) is 4.95. The Morgan fingerprint density at radius 2 is 1.71 bits per heavy atom. The van der Waals surface area contributed by atoms with E-state index < -0.39 is 0 Å². The molecule has 2 aromatic rings. The lowest BCUT2D eigenvalue weighted by Gasteiger charge is -2.29. The second-order valence-corrected chi connectivity index (χ2v) is 7.28. The van der Waals surface area contributed by atoms with Gasteiger partial charge in [0.2, 0.25) is 0 Å². The van der Waals surface area contributed by atoms with Crippen LogP contribution in [0.15, 0.2) is 48.5 Å². The molecule has 2 aromatic carbocycles. The summed E-state index contributed by atoms with van der Waals surface area (Å²) in [7, 11) is 0. The molecule has 5 heteroatoms. The van der Waals surface area contributed by atoms with Crippen molar-refractivity contribution in [1.29, 1.82) is 0 Å². The summed E-state index contributed by atoms with van der Waals surface area (Å²) in [6.07, 6.45) is 0.916. The molecule has 0 saturated heterocycles. The quantitative estimate of drug-likeness (QED) is 0.543. The van der Waals surface area contributed by atoms with E-state index in [9.17, 15) is 5.11 Å². The molecule has 2 rings (SSSR count). The molecule has 1 atom stereocenters. The van der Waals surface area contributed by atoms with Crippen molar-refractivity contribution in [3.8, 4) is 5.75 Å². The lowest BCUT2D eigenvalue weighted by atomic mass is 9.87. The Bertz CT molecular complexity index is 679. The molecule has 0 fully saturated rings. The number of phenols is 1. The second kappa shape index (κ2) is 12.8. The molecule has 0 bridgehead atoms. The van der Waals surface area contributed by atoms with Gasteiger partial charge >= 0.3 is 0 Å². The molecule has 156 valence electrons. The fourth-order valence-corrected chi connectivity index (χ4v) is 3.41. The van der Waals surface area contributed by atoms with Gasteiger partial charge < -0.3 is 14.9 Å². The predicted molar refractivity (Wildman–Crippen MR) is 118 cm³/mol. The predicted octanol–water partition coefficient (Wildman–Crippen LogP) is 4.36. The summed E-state index contributed by atoms with van der Waals surface area (Å²) in [5, 5.41) is 19.3. The summed E-state index contributed by atoms with van der Waals surface area (Å²) in [5.41, 5.74) is 3.36. The first-order valence-corrected chi connectivity index (χ1v) is 9.80. The van der Waals surface area contributed by atoms with Crippen LogP contribution >= 0.6 is 12.4 Å². The number of aromatic hydroxyl groups is 1. The maximum absolute atomic E-state index is 10.5. The number of benzene rings is 2. The number of phenolic OH excluding ortho intramolecular Hbond substituents is 1. The van der Waals surface area contributed by atoms with Gasteiger partial charge in [0.1, 0.15) is 5.75 Å². The smallest absolute Gasteiger partial charge is 0.119 e. The van der Waals surface area contributed by atoms with Crippen molar-refractivity contribution >= 4 is 12.4 Å². The average Bonchev–Trinajstić information content (AvgIpc) is 2.66. The Hall–Kier alpha value is -1.59. The number of aryl methyl sites for hydroxylation is 1. The fourth-order valence-electron chi connectivity index (χ4n) is 3.41. The number of rotatable bonds is 11. The summed E-state index contributed by atoms with van der Waals surface area (Å²) in [5.74, 6) is 0.502. The minimum atomic E-state index is 0. The standard InChI is InChI=1S/C23H33NO3.ClH/c1-18(2)24(13-15-27-16-14-25)12-11-21(20-7-5-4-6-8-20)22-17-19(3)9-10-23(22)26;/h4-10,17-18,21,25-26H,11-16H2,1-3H3;1H. The van der Waals surface area contributed by atoms with Crippen molar-refractivity contribution in [2.45, 2.75) is 39.2 Å². The lowest BCUT2D eigenvalue weighted by Crippen LogP contribution is -2.35. The molecule has 1 unspecified atom stereocenters. The molecule has 4 nitrogen and oxygen atoms in total. The number of nitrogens with zero attached hydrogens (tertiary/aromatic N) is 1. The molecular formula is C23H34ClNO3. The third-order valence-corrected chi connectivity index (χ3v) is 4.95. The fraction of sp³-hybridized carbons (Fsp3) is 0.478. The molecule has 0 amide bonds.